The summed E-state index contributed by atoms with van der Waals surface area (Å²) in [6.07, 6.45) is 3.23. The van der Waals surface area contributed by atoms with Crippen LogP contribution in [0.15, 0.2) is 89.4 Å². The normalized spacial score (nSPS) is 11.5. The third-order valence-corrected chi connectivity index (χ3v) is 6.44. The van der Waals surface area contributed by atoms with Crippen molar-refractivity contribution in [1.29, 1.82) is 0 Å². The van der Waals surface area contributed by atoms with E-state index in [0.29, 0.717) is 39.0 Å². The van der Waals surface area contributed by atoms with E-state index in [9.17, 15) is 9.59 Å². The summed E-state index contributed by atoms with van der Waals surface area (Å²) >= 11 is 3.48. The molecule has 0 radical (unpaired) electrons. The molecule has 5 nitrogen and oxygen atoms in total. The Labute approximate surface area is 223 Å². The lowest BCUT2D eigenvalue weighted by molar-refractivity contribution is -0.141. The largest absolute Gasteiger partial charge is 0.494 e. The first-order valence-electron chi connectivity index (χ1n) is 12.6. The minimum absolute atomic E-state index is 0.0545. The second-order valence-electron chi connectivity index (χ2n) is 8.76. The van der Waals surface area contributed by atoms with Crippen LogP contribution in [-0.2, 0) is 22.6 Å². The van der Waals surface area contributed by atoms with E-state index in [2.05, 4.69) is 28.2 Å². The molecule has 0 aliphatic heterocycles. The predicted octanol–water partition coefficient (Wildman–Crippen LogP) is 6.16. The fourth-order valence-electron chi connectivity index (χ4n) is 3.92. The maximum atomic E-state index is 13.6. The number of carbonyl (C=O) groups excluding carboxylic acids is 2. The number of unbranched alkanes of at least 4 members (excludes halogenated alkanes) is 1. The highest BCUT2D eigenvalue weighted by molar-refractivity contribution is 9.10. The van der Waals surface area contributed by atoms with Crippen LogP contribution in [0.2, 0.25) is 0 Å². The van der Waals surface area contributed by atoms with Gasteiger partial charge in [0.15, 0.2) is 0 Å². The molecule has 0 spiro atoms. The molecule has 0 heterocycles. The summed E-state index contributed by atoms with van der Waals surface area (Å²) in [5, 5.41) is 3.06. The van der Waals surface area contributed by atoms with Gasteiger partial charge in [-0.15, -0.1) is 0 Å². The van der Waals surface area contributed by atoms with Crippen molar-refractivity contribution in [1.82, 2.24) is 10.2 Å². The van der Waals surface area contributed by atoms with Crippen molar-refractivity contribution < 1.29 is 14.3 Å². The van der Waals surface area contributed by atoms with E-state index < -0.39 is 6.04 Å². The van der Waals surface area contributed by atoms with Gasteiger partial charge in [-0.05, 0) is 48.2 Å². The van der Waals surface area contributed by atoms with E-state index in [1.54, 1.807) is 4.90 Å². The monoisotopic (exact) mass is 550 g/mol. The molecule has 0 aliphatic rings. The van der Waals surface area contributed by atoms with Gasteiger partial charge >= 0.3 is 0 Å². The van der Waals surface area contributed by atoms with Gasteiger partial charge in [0.2, 0.25) is 11.8 Å². The van der Waals surface area contributed by atoms with Crippen LogP contribution in [-0.4, -0.2) is 35.9 Å². The van der Waals surface area contributed by atoms with Crippen LogP contribution in [0.4, 0.5) is 0 Å². The van der Waals surface area contributed by atoms with Crippen LogP contribution < -0.4 is 10.1 Å². The smallest absolute Gasteiger partial charge is 0.243 e. The van der Waals surface area contributed by atoms with E-state index in [1.165, 1.54) is 0 Å². The molecule has 0 saturated heterocycles. The molecule has 0 saturated carbocycles. The summed E-state index contributed by atoms with van der Waals surface area (Å²) in [7, 11) is 0. The van der Waals surface area contributed by atoms with Gasteiger partial charge < -0.3 is 15.0 Å². The SMILES string of the molecule is CCCCNC(=O)[C@H](Cc1ccccc1)N(Cc1ccc(Br)cc1)C(=O)CCCOc1ccccc1. The number of halogens is 1. The maximum Gasteiger partial charge on any atom is 0.243 e. The van der Waals surface area contributed by atoms with Crippen molar-refractivity contribution in [3.05, 3.63) is 101 Å². The standard InChI is InChI=1S/C30H35BrN2O3/c1-2-3-20-32-30(35)28(22-24-11-6-4-7-12-24)33(23-25-16-18-26(31)19-17-25)29(34)15-10-21-36-27-13-8-5-9-14-27/h4-9,11-14,16-19,28H,2-3,10,15,20-23H2,1H3,(H,32,35)/t28-/m0/s1. The molecule has 36 heavy (non-hydrogen) atoms. The van der Waals surface area contributed by atoms with Crippen molar-refractivity contribution in [3.63, 3.8) is 0 Å². The van der Waals surface area contributed by atoms with Crippen LogP contribution in [0.3, 0.4) is 0 Å². The molecular weight excluding hydrogens is 516 g/mol. The van der Waals surface area contributed by atoms with Crippen LogP contribution in [0.5, 0.6) is 5.75 Å². The van der Waals surface area contributed by atoms with Crippen molar-refractivity contribution in [3.8, 4) is 5.75 Å². The fourth-order valence-corrected chi connectivity index (χ4v) is 4.18. The number of carbonyl (C=O) groups is 2. The minimum Gasteiger partial charge on any atom is -0.494 e. The molecule has 0 fully saturated rings. The first-order chi connectivity index (χ1) is 17.6. The Morgan fingerprint density at radius 2 is 1.56 bits per heavy atom. The summed E-state index contributed by atoms with van der Waals surface area (Å²) in [5.74, 6) is 0.619. The van der Waals surface area contributed by atoms with Gasteiger partial charge in [-0.1, -0.05) is 89.9 Å². The number of para-hydroxylation sites is 1. The van der Waals surface area contributed by atoms with Crippen molar-refractivity contribution in [2.75, 3.05) is 13.2 Å². The summed E-state index contributed by atoms with van der Waals surface area (Å²) in [5.41, 5.74) is 2.00. The number of amides is 2. The molecule has 3 aromatic rings. The zero-order valence-electron chi connectivity index (χ0n) is 20.9. The van der Waals surface area contributed by atoms with E-state index in [-0.39, 0.29) is 11.8 Å². The molecule has 2 amide bonds. The Bertz CT molecular complexity index is 1060. The summed E-state index contributed by atoms with van der Waals surface area (Å²) in [6.45, 7) is 3.50. The Balaban J connectivity index is 1.77. The first kappa shape index (κ1) is 27.5. The number of hydrogen-bond donors (Lipinski definition) is 1. The Morgan fingerprint density at radius 1 is 0.889 bits per heavy atom. The minimum atomic E-state index is -0.601. The topological polar surface area (TPSA) is 58.6 Å². The molecule has 0 aliphatic carbocycles. The number of rotatable bonds is 14. The molecule has 3 aromatic carbocycles. The van der Waals surface area contributed by atoms with Gasteiger partial charge in [-0.25, -0.2) is 0 Å². The average Bonchev–Trinajstić information content (AvgIpc) is 2.91. The van der Waals surface area contributed by atoms with Gasteiger partial charge in [0.25, 0.3) is 0 Å². The molecule has 6 heteroatoms. The molecule has 0 aromatic heterocycles. The summed E-state index contributed by atoms with van der Waals surface area (Å²) < 4.78 is 6.75. The van der Waals surface area contributed by atoms with Crippen molar-refractivity contribution >= 4 is 27.7 Å². The lowest BCUT2D eigenvalue weighted by Gasteiger charge is -2.31. The number of benzene rings is 3. The zero-order valence-corrected chi connectivity index (χ0v) is 22.5. The average molecular weight is 552 g/mol. The number of ether oxygens (including phenoxy) is 1. The fraction of sp³-hybridized carbons (Fsp3) is 0.333. The maximum absolute atomic E-state index is 13.6. The van der Waals surface area contributed by atoms with Crippen LogP contribution in [0.25, 0.3) is 0 Å². The number of nitrogens with one attached hydrogen (secondary N) is 1. The van der Waals surface area contributed by atoms with Crippen LogP contribution in [0, 0.1) is 0 Å². The van der Waals surface area contributed by atoms with Gasteiger partial charge in [-0.2, -0.15) is 0 Å². The highest BCUT2D eigenvalue weighted by Gasteiger charge is 2.30. The molecule has 1 N–H and O–H groups in total. The van der Waals surface area contributed by atoms with Gasteiger partial charge in [0, 0.05) is 30.4 Å². The Hall–Kier alpha value is -3.12. The number of hydrogen-bond acceptors (Lipinski definition) is 3. The Kier molecular flexibility index (Phi) is 11.5. The lowest BCUT2D eigenvalue weighted by Crippen LogP contribution is -2.50. The molecule has 0 bridgehead atoms. The molecule has 3 rings (SSSR count). The van der Waals surface area contributed by atoms with Crippen molar-refractivity contribution in [2.45, 2.75) is 51.6 Å². The Morgan fingerprint density at radius 3 is 2.22 bits per heavy atom. The van der Waals surface area contributed by atoms with E-state index in [4.69, 9.17) is 4.74 Å². The highest BCUT2D eigenvalue weighted by atomic mass is 79.9. The lowest BCUT2D eigenvalue weighted by atomic mass is 10.0. The molecule has 1 atom stereocenters. The van der Waals surface area contributed by atoms with Gasteiger partial charge in [0.1, 0.15) is 11.8 Å². The van der Waals surface area contributed by atoms with Crippen LogP contribution >= 0.6 is 15.9 Å². The second-order valence-corrected chi connectivity index (χ2v) is 9.68. The van der Waals surface area contributed by atoms with Crippen molar-refractivity contribution in [2.24, 2.45) is 0 Å². The van der Waals surface area contributed by atoms with E-state index >= 15 is 0 Å². The second kappa shape index (κ2) is 15.1. The quantitative estimate of drug-likeness (QED) is 0.244. The predicted molar refractivity (Wildman–Crippen MR) is 148 cm³/mol. The third-order valence-electron chi connectivity index (χ3n) is 5.91. The van der Waals surface area contributed by atoms with Crippen LogP contribution in [0.1, 0.15) is 43.7 Å². The highest BCUT2D eigenvalue weighted by Crippen LogP contribution is 2.18. The first-order valence-corrected chi connectivity index (χ1v) is 13.4. The van der Waals surface area contributed by atoms with Gasteiger partial charge in [-0.3, -0.25) is 9.59 Å². The zero-order chi connectivity index (χ0) is 25.6. The number of nitrogens with zero attached hydrogens (tertiary/aromatic N) is 1. The molecule has 0 unspecified atom stereocenters. The molecular formula is C30H35BrN2O3. The molecule has 190 valence electrons. The third kappa shape index (κ3) is 9.15. The summed E-state index contributed by atoms with van der Waals surface area (Å²) in [4.78, 5) is 28.7. The van der Waals surface area contributed by atoms with E-state index in [1.807, 2.05) is 84.9 Å². The summed E-state index contributed by atoms with van der Waals surface area (Å²) in [6, 6.07) is 26.8. The van der Waals surface area contributed by atoms with Gasteiger partial charge in [0.05, 0.1) is 6.61 Å². The van der Waals surface area contributed by atoms with E-state index in [0.717, 1.165) is 34.2 Å².